The molecular formula is C15H28N4O4. The lowest BCUT2D eigenvalue weighted by Gasteiger charge is -2.33. The summed E-state index contributed by atoms with van der Waals surface area (Å²) < 4.78 is 0. The molecule has 0 radical (unpaired) electrons. The highest BCUT2D eigenvalue weighted by Gasteiger charge is 2.30. The SMILES string of the molecule is NCCCC[C@@H](N)C(=O)N1CCCC(C(=O)NCCC(=O)O)C1. The molecule has 132 valence electrons. The van der Waals surface area contributed by atoms with Crippen molar-refractivity contribution in [3.05, 3.63) is 0 Å². The zero-order chi connectivity index (χ0) is 17.2. The highest BCUT2D eigenvalue weighted by Crippen LogP contribution is 2.18. The van der Waals surface area contributed by atoms with Crippen LogP contribution in [0.15, 0.2) is 0 Å². The number of carboxylic acid groups (broad SMARTS) is 1. The number of carbonyl (C=O) groups is 3. The second-order valence-corrected chi connectivity index (χ2v) is 5.95. The number of carbonyl (C=O) groups excluding carboxylic acids is 2. The van der Waals surface area contributed by atoms with Crippen LogP contribution in [0.3, 0.4) is 0 Å². The fourth-order valence-corrected chi connectivity index (χ4v) is 2.69. The molecule has 2 amide bonds. The number of hydrogen-bond donors (Lipinski definition) is 4. The minimum Gasteiger partial charge on any atom is -0.481 e. The lowest BCUT2D eigenvalue weighted by atomic mass is 9.96. The Kier molecular flexibility index (Phi) is 8.57. The Morgan fingerprint density at radius 1 is 1.30 bits per heavy atom. The zero-order valence-corrected chi connectivity index (χ0v) is 13.5. The van der Waals surface area contributed by atoms with Crippen molar-refractivity contribution in [1.82, 2.24) is 10.2 Å². The predicted octanol–water partition coefficient (Wildman–Crippen LogP) is -0.728. The maximum atomic E-state index is 12.3. The van der Waals surface area contributed by atoms with Crippen LogP contribution in [0.1, 0.15) is 38.5 Å². The number of rotatable bonds is 9. The van der Waals surface area contributed by atoms with Gasteiger partial charge in [0.2, 0.25) is 11.8 Å². The van der Waals surface area contributed by atoms with Crippen LogP contribution in [-0.4, -0.2) is 60.0 Å². The Bertz CT molecular complexity index is 416. The molecule has 8 nitrogen and oxygen atoms in total. The summed E-state index contributed by atoms with van der Waals surface area (Å²) in [6, 6.07) is -0.546. The first-order valence-corrected chi connectivity index (χ1v) is 8.19. The molecule has 23 heavy (non-hydrogen) atoms. The van der Waals surface area contributed by atoms with Crippen LogP contribution in [0.4, 0.5) is 0 Å². The molecule has 1 unspecified atom stereocenters. The molecule has 0 aromatic rings. The van der Waals surface area contributed by atoms with E-state index >= 15 is 0 Å². The molecule has 1 aliphatic heterocycles. The molecule has 0 aliphatic carbocycles. The third-order valence-corrected chi connectivity index (χ3v) is 4.03. The zero-order valence-electron chi connectivity index (χ0n) is 13.5. The number of nitrogens with one attached hydrogen (secondary N) is 1. The van der Waals surface area contributed by atoms with Crippen LogP contribution >= 0.6 is 0 Å². The lowest BCUT2D eigenvalue weighted by Crippen LogP contribution is -2.50. The van der Waals surface area contributed by atoms with Crippen LogP contribution < -0.4 is 16.8 Å². The largest absolute Gasteiger partial charge is 0.481 e. The first kappa shape index (κ1) is 19.4. The van der Waals surface area contributed by atoms with Crippen LogP contribution in [0.25, 0.3) is 0 Å². The Labute approximate surface area is 136 Å². The summed E-state index contributed by atoms with van der Waals surface area (Å²) in [5, 5.41) is 11.2. The van der Waals surface area contributed by atoms with Crippen molar-refractivity contribution >= 4 is 17.8 Å². The van der Waals surface area contributed by atoms with Crippen molar-refractivity contribution in [3.8, 4) is 0 Å². The molecule has 1 aliphatic rings. The number of amides is 2. The van der Waals surface area contributed by atoms with E-state index in [-0.39, 0.29) is 30.7 Å². The molecule has 0 aromatic carbocycles. The Morgan fingerprint density at radius 3 is 2.70 bits per heavy atom. The summed E-state index contributed by atoms with van der Waals surface area (Å²) in [5.74, 6) is -1.56. The first-order chi connectivity index (χ1) is 11.0. The van der Waals surface area contributed by atoms with Gasteiger partial charge in [0.1, 0.15) is 0 Å². The van der Waals surface area contributed by atoms with E-state index in [0.717, 1.165) is 19.3 Å². The minimum atomic E-state index is -0.950. The molecule has 0 bridgehead atoms. The van der Waals surface area contributed by atoms with E-state index in [9.17, 15) is 14.4 Å². The maximum Gasteiger partial charge on any atom is 0.305 e. The quantitative estimate of drug-likeness (QED) is 0.412. The number of nitrogens with two attached hydrogens (primary N) is 2. The van der Waals surface area contributed by atoms with Gasteiger partial charge in [-0.25, -0.2) is 0 Å². The van der Waals surface area contributed by atoms with Crippen molar-refractivity contribution in [2.75, 3.05) is 26.2 Å². The Balaban J connectivity index is 2.42. The summed E-state index contributed by atoms with van der Waals surface area (Å²) in [6.07, 6.45) is 3.60. The van der Waals surface area contributed by atoms with E-state index in [0.29, 0.717) is 32.5 Å². The minimum absolute atomic E-state index is 0.104. The fourth-order valence-electron chi connectivity index (χ4n) is 2.69. The van der Waals surface area contributed by atoms with E-state index in [4.69, 9.17) is 16.6 Å². The highest BCUT2D eigenvalue weighted by molar-refractivity contribution is 5.84. The number of carboxylic acids is 1. The third-order valence-electron chi connectivity index (χ3n) is 4.03. The smallest absolute Gasteiger partial charge is 0.305 e. The summed E-state index contributed by atoms with van der Waals surface area (Å²) in [4.78, 5) is 36.5. The Hall–Kier alpha value is -1.67. The van der Waals surface area contributed by atoms with E-state index in [1.54, 1.807) is 4.90 Å². The van der Waals surface area contributed by atoms with Gasteiger partial charge in [-0.05, 0) is 32.2 Å². The number of unbranched alkanes of at least 4 members (excludes halogenated alkanes) is 1. The van der Waals surface area contributed by atoms with Crippen LogP contribution in [0, 0.1) is 5.92 Å². The molecule has 0 aromatic heterocycles. The average Bonchev–Trinajstić information content (AvgIpc) is 2.54. The molecular weight excluding hydrogens is 300 g/mol. The van der Waals surface area contributed by atoms with Crippen molar-refractivity contribution in [2.24, 2.45) is 17.4 Å². The molecule has 8 heteroatoms. The van der Waals surface area contributed by atoms with Crippen LogP contribution in [-0.2, 0) is 14.4 Å². The maximum absolute atomic E-state index is 12.3. The van der Waals surface area contributed by atoms with E-state index in [2.05, 4.69) is 5.32 Å². The summed E-state index contributed by atoms with van der Waals surface area (Å²) in [7, 11) is 0. The first-order valence-electron chi connectivity index (χ1n) is 8.19. The molecule has 1 fully saturated rings. The fraction of sp³-hybridized carbons (Fsp3) is 0.800. The molecule has 6 N–H and O–H groups in total. The van der Waals surface area contributed by atoms with Gasteiger partial charge >= 0.3 is 5.97 Å². The van der Waals surface area contributed by atoms with Gasteiger partial charge in [-0.15, -0.1) is 0 Å². The van der Waals surface area contributed by atoms with Crippen molar-refractivity contribution in [1.29, 1.82) is 0 Å². The van der Waals surface area contributed by atoms with E-state index in [1.807, 2.05) is 0 Å². The molecule has 2 atom stereocenters. The second kappa shape index (κ2) is 10.2. The van der Waals surface area contributed by atoms with Crippen molar-refractivity contribution < 1.29 is 19.5 Å². The van der Waals surface area contributed by atoms with E-state index in [1.165, 1.54) is 0 Å². The van der Waals surface area contributed by atoms with Gasteiger partial charge in [-0.1, -0.05) is 6.42 Å². The van der Waals surface area contributed by atoms with Gasteiger partial charge < -0.3 is 26.8 Å². The number of likely N-dealkylation sites (tertiary alicyclic amines) is 1. The second-order valence-electron chi connectivity index (χ2n) is 5.95. The van der Waals surface area contributed by atoms with Crippen LogP contribution in [0.2, 0.25) is 0 Å². The van der Waals surface area contributed by atoms with Crippen LogP contribution in [0.5, 0.6) is 0 Å². The Morgan fingerprint density at radius 2 is 2.04 bits per heavy atom. The standard InChI is InChI=1S/C15H28N4O4/c16-7-2-1-5-12(17)15(23)19-9-3-4-11(10-19)14(22)18-8-6-13(20)21/h11-12H,1-10,16-17H2,(H,18,22)(H,20,21)/t11?,12-/m1/s1. The number of piperidine rings is 1. The van der Waals surface area contributed by atoms with Gasteiger partial charge in [0.25, 0.3) is 0 Å². The number of hydrogen-bond acceptors (Lipinski definition) is 5. The lowest BCUT2D eigenvalue weighted by molar-refractivity contribution is -0.137. The third kappa shape index (κ3) is 6.96. The van der Waals surface area contributed by atoms with Gasteiger partial charge in [-0.3, -0.25) is 14.4 Å². The van der Waals surface area contributed by atoms with Crippen molar-refractivity contribution in [2.45, 2.75) is 44.6 Å². The van der Waals surface area contributed by atoms with Gasteiger partial charge in [-0.2, -0.15) is 0 Å². The number of nitrogens with zero attached hydrogens (tertiary/aromatic N) is 1. The average molecular weight is 328 g/mol. The predicted molar refractivity (Wildman–Crippen MR) is 85.4 cm³/mol. The number of aliphatic carboxylic acids is 1. The molecule has 1 rings (SSSR count). The van der Waals surface area contributed by atoms with Gasteiger partial charge in [0.05, 0.1) is 18.4 Å². The summed E-state index contributed by atoms with van der Waals surface area (Å²) in [6.45, 7) is 1.66. The highest BCUT2D eigenvalue weighted by atomic mass is 16.4. The topological polar surface area (TPSA) is 139 Å². The van der Waals surface area contributed by atoms with E-state index < -0.39 is 12.0 Å². The normalized spacial score (nSPS) is 19.2. The van der Waals surface area contributed by atoms with Gasteiger partial charge in [0.15, 0.2) is 0 Å². The van der Waals surface area contributed by atoms with Gasteiger partial charge in [0, 0.05) is 19.6 Å². The summed E-state index contributed by atoms with van der Waals surface area (Å²) in [5.41, 5.74) is 11.4. The molecule has 0 saturated carbocycles. The molecule has 0 spiro atoms. The monoisotopic (exact) mass is 328 g/mol. The van der Waals surface area contributed by atoms with Crippen molar-refractivity contribution in [3.63, 3.8) is 0 Å². The molecule has 1 saturated heterocycles. The molecule has 1 heterocycles. The summed E-state index contributed by atoms with van der Waals surface area (Å²) >= 11 is 0.